The summed E-state index contributed by atoms with van der Waals surface area (Å²) in [6.07, 6.45) is 1.86. The lowest BCUT2D eigenvalue weighted by Gasteiger charge is -2.27. The monoisotopic (exact) mass is 338 g/mol. The van der Waals surface area contributed by atoms with Crippen LogP contribution in [0.1, 0.15) is 30.1 Å². The zero-order valence-electron chi connectivity index (χ0n) is 13.7. The van der Waals surface area contributed by atoms with Crippen LogP contribution in [0.3, 0.4) is 0 Å². The summed E-state index contributed by atoms with van der Waals surface area (Å²) in [5.41, 5.74) is 1.88. The normalized spacial score (nSPS) is 21.3. The van der Waals surface area contributed by atoms with Crippen LogP contribution in [-0.4, -0.2) is 63.2 Å². The van der Waals surface area contributed by atoms with Gasteiger partial charge in [-0.25, -0.2) is 4.68 Å². The topological polar surface area (TPSA) is 67.7 Å². The first kappa shape index (κ1) is 16.2. The van der Waals surface area contributed by atoms with Gasteiger partial charge in [0.2, 0.25) is 17.7 Å². The van der Waals surface area contributed by atoms with Gasteiger partial charge in [-0.3, -0.25) is 9.59 Å². The highest BCUT2D eigenvalue weighted by Crippen LogP contribution is 2.38. The van der Waals surface area contributed by atoms with Gasteiger partial charge in [0, 0.05) is 13.6 Å². The van der Waals surface area contributed by atoms with Crippen molar-refractivity contribution in [2.24, 2.45) is 7.05 Å². The highest BCUT2D eigenvalue weighted by Gasteiger charge is 2.36. The third-order valence-electron chi connectivity index (χ3n) is 4.47. The third-order valence-corrected chi connectivity index (χ3v) is 5.41. The average molecular weight is 338 g/mol. The highest BCUT2D eigenvalue weighted by atomic mass is 32.2. The molecule has 2 amide bonds. The van der Waals surface area contributed by atoms with Gasteiger partial charge in [-0.1, -0.05) is 0 Å². The Morgan fingerprint density at radius 1 is 1.48 bits per heavy atom. The molecule has 1 unspecified atom stereocenters. The van der Waals surface area contributed by atoms with E-state index in [0.29, 0.717) is 17.5 Å². The summed E-state index contributed by atoms with van der Waals surface area (Å²) < 4.78 is 7.20. The molecule has 3 heterocycles. The van der Waals surface area contributed by atoms with E-state index in [-0.39, 0.29) is 24.4 Å². The summed E-state index contributed by atoms with van der Waals surface area (Å²) in [7, 11) is 3.47. The smallest absolute Gasteiger partial charge is 0.242 e. The summed E-state index contributed by atoms with van der Waals surface area (Å²) in [5, 5.41) is 4.42. The lowest BCUT2D eigenvalue weighted by Crippen LogP contribution is -2.40. The van der Waals surface area contributed by atoms with E-state index in [1.165, 1.54) is 0 Å². The molecular formula is C15H22N4O3S. The molecule has 126 valence electrons. The van der Waals surface area contributed by atoms with Crippen LogP contribution in [0, 0.1) is 6.92 Å². The van der Waals surface area contributed by atoms with Gasteiger partial charge in [-0.2, -0.15) is 5.10 Å². The fourth-order valence-corrected chi connectivity index (χ4v) is 4.34. The average Bonchev–Trinajstić information content (AvgIpc) is 3.19. The van der Waals surface area contributed by atoms with Crippen molar-refractivity contribution < 1.29 is 14.3 Å². The lowest BCUT2D eigenvalue weighted by atomic mass is 10.0. The quantitative estimate of drug-likeness (QED) is 0.817. The van der Waals surface area contributed by atoms with Crippen LogP contribution in [0.4, 0.5) is 0 Å². The molecule has 2 aliphatic heterocycles. The number of likely N-dealkylation sites (tertiary alicyclic amines) is 1. The Balaban J connectivity index is 1.80. The molecule has 0 bridgehead atoms. The Kier molecular flexibility index (Phi) is 4.52. The van der Waals surface area contributed by atoms with Crippen molar-refractivity contribution in [3.8, 4) is 5.88 Å². The molecule has 8 heteroatoms. The number of carbonyl (C=O) groups is 2. The van der Waals surface area contributed by atoms with Gasteiger partial charge in [-0.15, -0.1) is 11.8 Å². The maximum Gasteiger partial charge on any atom is 0.242 e. The van der Waals surface area contributed by atoms with Crippen LogP contribution < -0.4 is 4.74 Å². The minimum Gasteiger partial charge on any atom is -0.481 e. The van der Waals surface area contributed by atoms with Crippen molar-refractivity contribution in [1.29, 1.82) is 0 Å². The second-order valence-electron chi connectivity index (χ2n) is 5.95. The van der Waals surface area contributed by atoms with Gasteiger partial charge in [0.1, 0.15) is 6.54 Å². The zero-order chi connectivity index (χ0) is 16.6. The summed E-state index contributed by atoms with van der Waals surface area (Å²) in [5.74, 6) is 1.85. The van der Waals surface area contributed by atoms with Crippen LogP contribution in [0.15, 0.2) is 0 Å². The molecule has 0 saturated carbocycles. The van der Waals surface area contributed by atoms with Crippen molar-refractivity contribution in [3.63, 3.8) is 0 Å². The minimum atomic E-state index is -0.0171. The van der Waals surface area contributed by atoms with Crippen LogP contribution >= 0.6 is 11.8 Å². The molecule has 1 atom stereocenters. The van der Waals surface area contributed by atoms with Gasteiger partial charge in [0.15, 0.2) is 0 Å². The van der Waals surface area contributed by atoms with Crippen LogP contribution in [0.25, 0.3) is 0 Å². The molecule has 2 saturated heterocycles. The number of thioether (sulfide) groups is 1. The number of amides is 2. The molecule has 2 fully saturated rings. The third kappa shape index (κ3) is 2.91. The number of nitrogens with zero attached hydrogens (tertiary/aromatic N) is 4. The van der Waals surface area contributed by atoms with Crippen molar-refractivity contribution in [3.05, 3.63) is 11.3 Å². The number of rotatable bonds is 4. The van der Waals surface area contributed by atoms with Crippen LogP contribution in [-0.2, 0) is 16.6 Å². The fourth-order valence-electron chi connectivity index (χ4n) is 3.44. The predicted octanol–water partition coefficient (Wildman–Crippen LogP) is 0.934. The number of hydrogen-bond acceptors (Lipinski definition) is 5. The SMILES string of the molecule is COc1c(C2CCCN2C(=O)CN2CSCC2=O)c(C)nn1C. The summed E-state index contributed by atoms with van der Waals surface area (Å²) in [4.78, 5) is 28.0. The molecule has 1 aromatic rings. The van der Waals surface area contributed by atoms with Gasteiger partial charge in [0.05, 0.1) is 36.0 Å². The van der Waals surface area contributed by atoms with E-state index >= 15 is 0 Å². The van der Waals surface area contributed by atoms with Gasteiger partial charge >= 0.3 is 0 Å². The Morgan fingerprint density at radius 3 is 2.91 bits per heavy atom. The first-order valence-electron chi connectivity index (χ1n) is 7.75. The molecule has 0 aromatic carbocycles. The molecule has 23 heavy (non-hydrogen) atoms. The number of methoxy groups -OCH3 is 1. The first-order chi connectivity index (χ1) is 11.0. The van der Waals surface area contributed by atoms with E-state index in [1.54, 1.807) is 28.5 Å². The standard InChI is InChI=1S/C15H22N4O3S/c1-10-14(15(22-3)17(2)16-10)11-5-4-6-19(11)12(20)7-18-9-23-8-13(18)21/h11H,4-9H2,1-3H3. The molecule has 1 aromatic heterocycles. The van der Waals surface area contributed by atoms with Crippen molar-refractivity contribution in [2.75, 3.05) is 31.8 Å². The Morgan fingerprint density at radius 2 is 2.26 bits per heavy atom. The van der Waals surface area contributed by atoms with E-state index in [9.17, 15) is 9.59 Å². The predicted molar refractivity (Wildman–Crippen MR) is 87.2 cm³/mol. The van der Waals surface area contributed by atoms with Gasteiger partial charge < -0.3 is 14.5 Å². The van der Waals surface area contributed by atoms with E-state index in [0.717, 1.165) is 30.6 Å². The van der Waals surface area contributed by atoms with Gasteiger partial charge in [0.25, 0.3) is 0 Å². The summed E-state index contributed by atoms with van der Waals surface area (Å²) in [6.45, 7) is 2.83. The van der Waals surface area contributed by atoms with E-state index in [4.69, 9.17) is 4.74 Å². The Hall–Kier alpha value is -1.70. The Labute approximate surface area is 139 Å². The lowest BCUT2D eigenvalue weighted by molar-refractivity contribution is -0.138. The minimum absolute atomic E-state index is 0.00801. The second kappa shape index (κ2) is 6.43. The number of hydrogen-bond donors (Lipinski definition) is 0. The fraction of sp³-hybridized carbons (Fsp3) is 0.667. The van der Waals surface area contributed by atoms with E-state index in [1.807, 2.05) is 18.9 Å². The molecule has 0 aliphatic carbocycles. The van der Waals surface area contributed by atoms with E-state index in [2.05, 4.69) is 5.10 Å². The van der Waals surface area contributed by atoms with Crippen molar-refractivity contribution in [1.82, 2.24) is 19.6 Å². The molecule has 0 radical (unpaired) electrons. The number of ether oxygens (including phenoxy) is 1. The van der Waals surface area contributed by atoms with Gasteiger partial charge in [-0.05, 0) is 19.8 Å². The second-order valence-corrected chi connectivity index (χ2v) is 6.90. The molecular weight excluding hydrogens is 316 g/mol. The van der Waals surface area contributed by atoms with Crippen molar-refractivity contribution in [2.45, 2.75) is 25.8 Å². The van der Waals surface area contributed by atoms with E-state index < -0.39 is 0 Å². The molecule has 2 aliphatic rings. The van der Waals surface area contributed by atoms with Crippen LogP contribution in [0.2, 0.25) is 0 Å². The summed E-state index contributed by atoms with van der Waals surface area (Å²) in [6, 6.07) is -0.0171. The molecule has 0 N–H and O–H groups in total. The molecule has 3 rings (SSSR count). The molecule has 7 nitrogen and oxygen atoms in total. The number of carbonyl (C=O) groups excluding carboxylic acids is 2. The number of aryl methyl sites for hydroxylation is 2. The first-order valence-corrected chi connectivity index (χ1v) is 8.91. The maximum atomic E-state index is 12.7. The highest BCUT2D eigenvalue weighted by molar-refractivity contribution is 8.00. The van der Waals surface area contributed by atoms with Crippen LogP contribution in [0.5, 0.6) is 5.88 Å². The maximum absolute atomic E-state index is 12.7. The zero-order valence-corrected chi connectivity index (χ0v) is 14.6. The molecule has 0 spiro atoms. The summed E-state index contributed by atoms with van der Waals surface area (Å²) >= 11 is 1.56. The largest absolute Gasteiger partial charge is 0.481 e. The Bertz CT molecular complexity index is 630. The van der Waals surface area contributed by atoms with Crippen molar-refractivity contribution >= 4 is 23.6 Å². The number of aromatic nitrogens is 2.